The SMILES string of the molecule is CC[C@@](C)(NC(=O)c1cc(F)ccc1Br)C(=O)OC. The molecule has 0 saturated heterocycles. The van der Waals surface area contributed by atoms with Gasteiger partial charge in [0.05, 0.1) is 12.7 Å². The fourth-order valence-electron chi connectivity index (χ4n) is 1.50. The van der Waals surface area contributed by atoms with Crippen LogP contribution in [0, 0.1) is 5.82 Å². The van der Waals surface area contributed by atoms with Crippen LogP contribution in [0.3, 0.4) is 0 Å². The second-order valence-electron chi connectivity index (χ2n) is 4.26. The summed E-state index contributed by atoms with van der Waals surface area (Å²) >= 11 is 3.17. The van der Waals surface area contributed by atoms with E-state index in [9.17, 15) is 14.0 Å². The van der Waals surface area contributed by atoms with Crippen LogP contribution in [0.25, 0.3) is 0 Å². The minimum Gasteiger partial charge on any atom is -0.467 e. The van der Waals surface area contributed by atoms with Gasteiger partial charge < -0.3 is 10.1 Å². The molecule has 0 heterocycles. The highest BCUT2D eigenvalue weighted by molar-refractivity contribution is 9.10. The molecule has 1 atom stereocenters. The minimum atomic E-state index is -1.14. The van der Waals surface area contributed by atoms with Gasteiger partial charge in [0, 0.05) is 4.47 Å². The number of benzene rings is 1. The maximum Gasteiger partial charge on any atom is 0.331 e. The lowest BCUT2D eigenvalue weighted by molar-refractivity contribution is -0.147. The van der Waals surface area contributed by atoms with Crippen molar-refractivity contribution in [2.24, 2.45) is 0 Å². The van der Waals surface area contributed by atoms with Crippen molar-refractivity contribution in [2.45, 2.75) is 25.8 Å². The number of amides is 1. The van der Waals surface area contributed by atoms with E-state index in [1.807, 2.05) is 0 Å². The quantitative estimate of drug-likeness (QED) is 0.863. The molecule has 0 aliphatic heterocycles. The van der Waals surface area contributed by atoms with E-state index in [1.165, 1.54) is 19.2 Å². The molecule has 0 aromatic heterocycles. The van der Waals surface area contributed by atoms with E-state index in [1.54, 1.807) is 13.8 Å². The molecule has 1 N–H and O–H groups in total. The summed E-state index contributed by atoms with van der Waals surface area (Å²) in [4.78, 5) is 23.8. The molecule has 0 bridgehead atoms. The molecule has 4 nitrogen and oxygen atoms in total. The molecule has 6 heteroatoms. The Labute approximate surface area is 119 Å². The van der Waals surface area contributed by atoms with Gasteiger partial charge in [0.25, 0.3) is 5.91 Å². The second-order valence-corrected chi connectivity index (χ2v) is 5.11. The van der Waals surface area contributed by atoms with Gasteiger partial charge in [0.1, 0.15) is 11.4 Å². The van der Waals surface area contributed by atoms with Gasteiger partial charge in [-0.15, -0.1) is 0 Å². The van der Waals surface area contributed by atoms with Crippen molar-refractivity contribution in [2.75, 3.05) is 7.11 Å². The second kappa shape index (κ2) is 6.14. The number of esters is 1. The first-order valence-electron chi connectivity index (χ1n) is 5.70. The van der Waals surface area contributed by atoms with Crippen LogP contribution in [0.2, 0.25) is 0 Å². The molecular formula is C13H15BrFNO3. The fraction of sp³-hybridized carbons (Fsp3) is 0.385. The molecular weight excluding hydrogens is 317 g/mol. The largest absolute Gasteiger partial charge is 0.467 e. The first-order valence-corrected chi connectivity index (χ1v) is 6.49. The molecule has 1 rings (SSSR count). The Morgan fingerprint density at radius 3 is 2.63 bits per heavy atom. The van der Waals surface area contributed by atoms with Gasteiger partial charge in [-0.2, -0.15) is 0 Å². The first-order chi connectivity index (χ1) is 8.84. The minimum absolute atomic E-state index is 0.128. The summed E-state index contributed by atoms with van der Waals surface area (Å²) in [5.74, 6) is -1.61. The molecule has 1 amide bonds. The van der Waals surface area contributed by atoms with E-state index in [0.29, 0.717) is 10.9 Å². The highest BCUT2D eigenvalue weighted by Crippen LogP contribution is 2.20. The molecule has 0 aliphatic carbocycles. The summed E-state index contributed by atoms with van der Waals surface area (Å²) in [5, 5.41) is 2.57. The van der Waals surface area contributed by atoms with Gasteiger partial charge in [0.2, 0.25) is 0 Å². The third-order valence-electron chi connectivity index (χ3n) is 2.91. The fourth-order valence-corrected chi connectivity index (χ4v) is 1.93. The number of rotatable bonds is 4. The highest BCUT2D eigenvalue weighted by Gasteiger charge is 2.34. The van der Waals surface area contributed by atoms with Gasteiger partial charge in [-0.3, -0.25) is 4.79 Å². The molecule has 0 radical (unpaired) electrons. The molecule has 1 aromatic carbocycles. The summed E-state index contributed by atoms with van der Waals surface area (Å²) in [7, 11) is 1.25. The van der Waals surface area contributed by atoms with Crippen molar-refractivity contribution >= 4 is 27.8 Å². The Kier molecular flexibility index (Phi) is 5.05. The lowest BCUT2D eigenvalue weighted by Gasteiger charge is -2.26. The number of hydrogen-bond acceptors (Lipinski definition) is 3. The number of hydrogen-bond donors (Lipinski definition) is 1. The molecule has 0 saturated carbocycles. The highest BCUT2D eigenvalue weighted by atomic mass is 79.9. The molecule has 0 fully saturated rings. The van der Waals surface area contributed by atoms with Crippen LogP contribution >= 0.6 is 15.9 Å². The average molecular weight is 332 g/mol. The number of ether oxygens (including phenoxy) is 1. The topological polar surface area (TPSA) is 55.4 Å². The van der Waals surface area contributed by atoms with Crippen molar-refractivity contribution < 1.29 is 18.7 Å². The zero-order valence-electron chi connectivity index (χ0n) is 10.9. The van der Waals surface area contributed by atoms with Gasteiger partial charge in [-0.25, -0.2) is 9.18 Å². The Morgan fingerprint density at radius 2 is 2.11 bits per heavy atom. The van der Waals surface area contributed by atoms with Crippen LogP contribution in [0.1, 0.15) is 30.6 Å². The third kappa shape index (κ3) is 3.53. The molecule has 1 aromatic rings. The Bertz CT molecular complexity index is 507. The number of carbonyl (C=O) groups is 2. The first kappa shape index (κ1) is 15.6. The van der Waals surface area contributed by atoms with E-state index in [-0.39, 0.29) is 5.56 Å². The van der Waals surface area contributed by atoms with Gasteiger partial charge in [-0.05, 0) is 47.5 Å². The normalized spacial score (nSPS) is 13.5. The zero-order chi connectivity index (χ0) is 14.6. The van der Waals surface area contributed by atoms with Crippen LogP contribution in [0.4, 0.5) is 4.39 Å². The van der Waals surface area contributed by atoms with Crippen LogP contribution in [0.5, 0.6) is 0 Å². The summed E-state index contributed by atoms with van der Waals surface area (Å²) in [6, 6.07) is 3.78. The van der Waals surface area contributed by atoms with Crippen LogP contribution in [-0.4, -0.2) is 24.5 Å². The molecule has 19 heavy (non-hydrogen) atoms. The Hall–Kier alpha value is -1.43. The molecule has 0 unspecified atom stereocenters. The summed E-state index contributed by atoms with van der Waals surface area (Å²) < 4.78 is 18.3. The summed E-state index contributed by atoms with van der Waals surface area (Å²) in [6.07, 6.45) is 0.359. The smallest absolute Gasteiger partial charge is 0.331 e. The van der Waals surface area contributed by atoms with Crippen molar-refractivity contribution in [3.63, 3.8) is 0 Å². The predicted octanol–water partition coefficient (Wildman–Crippen LogP) is 2.66. The number of nitrogens with one attached hydrogen (secondary N) is 1. The summed E-state index contributed by atoms with van der Waals surface area (Å²) in [6.45, 7) is 3.31. The number of methoxy groups -OCH3 is 1. The van der Waals surface area contributed by atoms with Crippen molar-refractivity contribution in [1.29, 1.82) is 0 Å². The number of carbonyl (C=O) groups excluding carboxylic acids is 2. The lowest BCUT2D eigenvalue weighted by atomic mass is 9.98. The summed E-state index contributed by atoms with van der Waals surface area (Å²) in [5.41, 5.74) is -1.01. The van der Waals surface area contributed by atoms with E-state index >= 15 is 0 Å². The van der Waals surface area contributed by atoms with Crippen molar-refractivity contribution in [3.05, 3.63) is 34.1 Å². The zero-order valence-corrected chi connectivity index (χ0v) is 12.5. The van der Waals surface area contributed by atoms with E-state index in [0.717, 1.165) is 6.07 Å². The van der Waals surface area contributed by atoms with Crippen molar-refractivity contribution in [1.82, 2.24) is 5.32 Å². The monoisotopic (exact) mass is 331 g/mol. The molecule has 0 spiro atoms. The lowest BCUT2D eigenvalue weighted by Crippen LogP contribution is -2.52. The Morgan fingerprint density at radius 1 is 1.47 bits per heavy atom. The maximum absolute atomic E-state index is 13.2. The van der Waals surface area contributed by atoms with Crippen LogP contribution < -0.4 is 5.32 Å². The van der Waals surface area contributed by atoms with E-state index < -0.39 is 23.2 Å². The molecule has 104 valence electrons. The van der Waals surface area contributed by atoms with E-state index in [2.05, 4.69) is 26.0 Å². The standard InChI is InChI=1S/C13H15BrFNO3/c1-4-13(2,12(18)19-3)16-11(17)9-7-8(15)5-6-10(9)14/h5-7H,4H2,1-3H3,(H,16,17)/t13-/m1/s1. The van der Waals surface area contributed by atoms with Crippen LogP contribution in [-0.2, 0) is 9.53 Å². The number of halogens is 2. The van der Waals surface area contributed by atoms with Gasteiger partial charge in [-0.1, -0.05) is 6.92 Å². The predicted molar refractivity (Wildman–Crippen MR) is 72.3 cm³/mol. The third-order valence-corrected chi connectivity index (χ3v) is 3.60. The van der Waals surface area contributed by atoms with E-state index in [4.69, 9.17) is 0 Å². The van der Waals surface area contributed by atoms with Crippen LogP contribution in [0.15, 0.2) is 22.7 Å². The van der Waals surface area contributed by atoms with Gasteiger partial charge in [0.15, 0.2) is 0 Å². The average Bonchev–Trinajstić information content (AvgIpc) is 2.40. The Balaban J connectivity index is 3.01. The van der Waals surface area contributed by atoms with Gasteiger partial charge >= 0.3 is 5.97 Å². The van der Waals surface area contributed by atoms with Crippen molar-refractivity contribution in [3.8, 4) is 0 Å². The maximum atomic E-state index is 13.2. The molecule has 0 aliphatic rings.